The highest BCUT2D eigenvalue weighted by molar-refractivity contribution is 7.60. The van der Waals surface area contributed by atoms with Crippen molar-refractivity contribution >= 4 is 36.4 Å². The summed E-state index contributed by atoms with van der Waals surface area (Å²) in [6.07, 6.45) is 0.805. The topological polar surface area (TPSA) is 72.9 Å². The van der Waals surface area contributed by atoms with Crippen molar-refractivity contribution in [3.05, 3.63) is 0 Å². The van der Waals surface area contributed by atoms with E-state index >= 15 is 0 Å². The molecular formula is C12H28NO5PSi2. The fourth-order valence-corrected chi connectivity index (χ4v) is 8.46. The van der Waals surface area contributed by atoms with Gasteiger partial charge in [-0.2, -0.15) is 0 Å². The van der Waals surface area contributed by atoms with Crippen LogP contribution in [0.2, 0.25) is 39.3 Å². The molecule has 0 radical (unpaired) electrons. The average Bonchev–Trinajstić information content (AvgIpc) is 2.21. The Hall–Kier alpha value is -0.436. The van der Waals surface area contributed by atoms with Gasteiger partial charge in [-0.25, -0.2) is 0 Å². The SMILES string of the molecule is CN(C=O)CP(=O)(CCC(=O)O[Si](C)(C)C)O[Si](C)(C)C. The van der Waals surface area contributed by atoms with E-state index in [4.69, 9.17) is 8.64 Å². The molecule has 0 saturated heterocycles. The molecule has 0 N–H and O–H groups in total. The Morgan fingerprint density at radius 2 is 1.67 bits per heavy atom. The molecule has 0 saturated carbocycles. The van der Waals surface area contributed by atoms with Crippen molar-refractivity contribution in [1.29, 1.82) is 0 Å². The zero-order valence-corrected chi connectivity index (χ0v) is 17.0. The molecular weight excluding hydrogens is 325 g/mol. The van der Waals surface area contributed by atoms with E-state index in [0.29, 0.717) is 6.41 Å². The molecule has 9 heteroatoms. The van der Waals surface area contributed by atoms with Crippen molar-refractivity contribution in [1.82, 2.24) is 4.90 Å². The van der Waals surface area contributed by atoms with Crippen LogP contribution >= 0.6 is 7.37 Å². The maximum absolute atomic E-state index is 12.9. The van der Waals surface area contributed by atoms with E-state index in [1.807, 2.05) is 39.3 Å². The summed E-state index contributed by atoms with van der Waals surface area (Å²) >= 11 is 0. The molecule has 0 aromatic carbocycles. The van der Waals surface area contributed by atoms with Crippen molar-refractivity contribution in [3.8, 4) is 0 Å². The summed E-state index contributed by atoms with van der Waals surface area (Å²) in [4.78, 5) is 23.8. The predicted molar refractivity (Wildman–Crippen MR) is 89.7 cm³/mol. The van der Waals surface area contributed by atoms with Crippen LogP contribution in [0.25, 0.3) is 0 Å². The monoisotopic (exact) mass is 353 g/mol. The molecule has 0 fully saturated rings. The highest BCUT2D eigenvalue weighted by Crippen LogP contribution is 2.50. The van der Waals surface area contributed by atoms with Crippen LogP contribution in [-0.2, 0) is 22.8 Å². The van der Waals surface area contributed by atoms with Gasteiger partial charge in [0.05, 0.1) is 12.7 Å². The van der Waals surface area contributed by atoms with E-state index in [9.17, 15) is 14.2 Å². The summed E-state index contributed by atoms with van der Waals surface area (Å²) in [5, 5.41) is 0. The van der Waals surface area contributed by atoms with E-state index in [1.54, 1.807) is 7.05 Å². The van der Waals surface area contributed by atoms with Crippen LogP contribution < -0.4 is 0 Å². The molecule has 0 aliphatic heterocycles. The van der Waals surface area contributed by atoms with Crippen LogP contribution in [0.1, 0.15) is 6.42 Å². The number of hydrogen-bond donors (Lipinski definition) is 0. The summed E-state index contributed by atoms with van der Waals surface area (Å²) < 4.78 is 24.0. The zero-order chi connectivity index (χ0) is 16.9. The summed E-state index contributed by atoms with van der Waals surface area (Å²) in [6.45, 7) is 11.6. The Labute approximate surface area is 129 Å². The summed E-state index contributed by atoms with van der Waals surface area (Å²) in [6, 6.07) is 0. The largest absolute Gasteiger partial charge is 0.520 e. The number of carbonyl (C=O) groups is 2. The number of hydrogen-bond acceptors (Lipinski definition) is 5. The molecule has 0 aliphatic carbocycles. The van der Waals surface area contributed by atoms with Crippen molar-refractivity contribution < 1.29 is 22.8 Å². The summed E-state index contributed by atoms with van der Waals surface area (Å²) in [7, 11) is -5.49. The molecule has 0 aromatic heterocycles. The third-order valence-corrected chi connectivity index (χ3v) is 8.28. The Bertz CT molecular complexity index is 417. The second-order valence-corrected chi connectivity index (χ2v) is 18.8. The molecule has 1 unspecified atom stereocenters. The van der Waals surface area contributed by atoms with Crippen molar-refractivity contribution in [2.24, 2.45) is 0 Å². The summed E-state index contributed by atoms with van der Waals surface area (Å²) in [5.74, 6) is -0.345. The Kier molecular flexibility index (Phi) is 7.55. The second kappa shape index (κ2) is 7.71. The molecule has 0 bridgehead atoms. The van der Waals surface area contributed by atoms with Crippen LogP contribution in [0.3, 0.4) is 0 Å². The van der Waals surface area contributed by atoms with Crippen LogP contribution in [0.15, 0.2) is 0 Å². The highest BCUT2D eigenvalue weighted by Gasteiger charge is 2.33. The van der Waals surface area contributed by atoms with Gasteiger partial charge < -0.3 is 13.5 Å². The molecule has 0 heterocycles. The van der Waals surface area contributed by atoms with Crippen molar-refractivity contribution in [3.63, 3.8) is 0 Å². The van der Waals surface area contributed by atoms with Gasteiger partial charge in [0.1, 0.15) is 0 Å². The molecule has 0 rings (SSSR count). The first-order chi connectivity index (χ1) is 9.26. The van der Waals surface area contributed by atoms with Gasteiger partial charge >= 0.3 is 0 Å². The van der Waals surface area contributed by atoms with Gasteiger partial charge in [0.25, 0.3) is 5.97 Å². The third kappa shape index (κ3) is 10.9. The molecule has 1 amide bonds. The lowest BCUT2D eigenvalue weighted by atomic mass is 10.5. The lowest BCUT2D eigenvalue weighted by molar-refractivity contribution is -0.134. The van der Waals surface area contributed by atoms with Crippen molar-refractivity contribution in [2.45, 2.75) is 45.7 Å². The first kappa shape index (κ1) is 20.6. The maximum atomic E-state index is 12.9. The van der Waals surface area contributed by atoms with Gasteiger partial charge in [0.15, 0.2) is 8.32 Å². The lowest BCUT2D eigenvalue weighted by Crippen LogP contribution is -2.31. The molecule has 124 valence electrons. The molecule has 0 aliphatic rings. The smallest absolute Gasteiger partial charge is 0.293 e. The number of amides is 1. The molecule has 21 heavy (non-hydrogen) atoms. The minimum atomic E-state index is -3.06. The van der Waals surface area contributed by atoms with E-state index in [1.165, 1.54) is 4.90 Å². The van der Waals surface area contributed by atoms with E-state index in [0.717, 1.165) is 0 Å². The zero-order valence-electron chi connectivity index (χ0n) is 14.1. The van der Waals surface area contributed by atoms with Gasteiger partial charge in [0.2, 0.25) is 22.1 Å². The van der Waals surface area contributed by atoms with Gasteiger partial charge in [-0.15, -0.1) is 0 Å². The van der Waals surface area contributed by atoms with E-state index in [-0.39, 0.29) is 24.8 Å². The van der Waals surface area contributed by atoms with Crippen LogP contribution in [0, 0.1) is 0 Å². The van der Waals surface area contributed by atoms with Crippen LogP contribution in [-0.4, -0.2) is 53.4 Å². The second-order valence-electron chi connectivity index (χ2n) is 7.08. The summed E-state index contributed by atoms with van der Waals surface area (Å²) in [5.41, 5.74) is 0. The Morgan fingerprint density at radius 3 is 2.05 bits per heavy atom. The first-order valence-corrected chi connectivity index (χ1v) is 15.7. The standard InChI is InChI=1S/C12H28NO5PSi2/c1-13(10-14)11-19(16,18-21(5,6)7)9-8-12(15)17-20(2,3)4/h10H,8-9,11H2,1-7H3. The number of nitrogens with zero attached hydrogens (tertiary/aromatic N) is 1. The average molecular weight is 354 g/mol. The van der Waals surface area contributed by atoms with Gasteiger partial charge in [-0.05, 0) is 39.3 Å². The minimum Gasteiger partial charge on any atom is -0.520 e. The van der Waals surface area contributed by atoms with Crippen LogP contribution in [0.5, 0.6) is 0 Å². The fraction of sp³-hybridized carbons (Fsp3) is 0.833. The van der Waals surface area contributed by atoms with E-state index < -0.39 is 24.0 Å². The lowest BCUT2D eigenvalue weighted by Gasteiger charge is -2.29. The van der Waals surface area contributed by atoms with Crippen molar-refractivity contribution in [2.75, 3.05) is 19.5 Å². The number of rotatable bonds is 9. The quantitative estimate of drug-likeness (QED) is 0.362. The van der Waals surface area contributed by atoms with Gasteiger partial charge in [0, 0.05) is 13.2 Å². The molecule has 6 nitrogen and oxygen atoms in total. The number of carbonyl (C=O) groups excluding carboxylic acids is 2. The Balaban J connectivity index is 4.80. The Morgan fingerprint density at radius 1 is 1.14 bits per heavy atom. The van der Waals surface area contributed by atoms with Gasteiger partial charge in [-0.3, -0.25) is 14.2 Å². The van der Waals surface area contributed by atoms with Crippen LogP contribution in [0.4, 0.5) is 0 Å². The highest BCUT2D eigenvalue weighted by atomic mass is 31.2. The fourth-order valence-electron chi connectivity index (χ4n) is 1.67. The first-order valence-electron chi connectivity index (χ1n) is 6.92. The minimum absolute atomic E-state index is 0.0288. The normalized spacial score (nSPS) is 15.2. The maximum Gasteiger partial charge on any atom is 0.293 e. The molecule has 0 aromatic rings. The third-order valence-electron chi connectivity index (χ3n) is 2.14. The molecule has 0 spiro atoms. The molecule has 1 atom stereocenters. The van der Waals surface area contributed by atoms with E-state index in [2.05, 4.69) is 0 Å². The predicted octanol–water partition coefficient (Wildman–Crippen LogP) is 2.93. The van der Waals surface area contributed by atoms with Gasteiger partial charge in [-0.1, -0.05) is 0 Å².